The summed E-state index contributed by atoms with van der Waals surface area (Å²) in [7, 11) is 0. The van der Waals surface area contributed by atoms with Crippen LogP contribution in [-0.2, 0) is 4.79 Å². The van der Waals surface area contributed by atoms with E-state index in [0.717, 1.165) is 4.47 Å². The molecule has 1 amide bonds. The van der Waals surface area contributed by atoms with Crippen molar-refractivity contribution in [2.75, 3.05) is 6.61 Å². The molecule has 3 rings (SSSR count). The highest BCUT2D eigenvalue weighted by Crippen LogP contribution is 2.23. The van der Waals surface area contributed by atoms with Crippen molar-refractivity contribution >= 4 is 45.6 Å². The topological polar surface area (TPSA) is 77.0 Å². The lowest BCUT2D eigenvalue weighted by atomic mass is 10.2. The zero-order valence-corrected chi connectivity index (χ0v) is 17.9. The minimum Gasteiger partial charge on any atom is -0.484 e. The Kier molecular flexibility index (Phi) is 7.59. The zero-order valence-electron chi connectivity index (χ0n) is 15.5. The molecule has 0 saturated carbocycles. The number of ether oxygens (including phenoxy) is 2. The van der Waals surface area contributed by atoms with Crippen LogP contribution >= 0.6 is 27.5 Å². The molecule has 0 atom stereocenters. The molecule has 3 aromatic carbocycles. The summed E-state index contributed by atoms with van der Waals surface area (Å²) in [6, 6.07) is 20.4. The van der Waals surface area contributed by atoms with Crippen LogP contribution in [0.5, 0.6) is 11.5 Å². The zero-order chi connectivity index (χ0) is 21.3. The lowest BCUT2D eigenvalue weighted by Crippen LogP contribution is -2.24. The van der Waals surface area contributed by atoms with Gasteiger partial charge in [0.1, 0.15) is 11.5 Å². The molecule has 0 aliphatic carbocycles. The smallest absolute Gasteiger partial charge is 0.343 e. The predicted octanol–water partition coefficient (Wildman–Crippen LogP) is 4.85. The molecule has 3 aromatic rings. The van der Waals surface area contributed by atoms with Gasteiger partial charge in [-0.15, -0.1) is 0 Å². The Morgan fingerprint density at radius 2 is 1.77 bits per heavy atom. The standard InChI is InChI=1S/C22H16BrClN2O4/c23-17-8-11-20(30-22(28)15-6-9-18(24)10-7-15)16(12-17)13-25-26-21(27)14-29-19-4-2-1-3-5-19/h1-13H,14H2,(H,26,27). The van der Waals surface area contributed by atoms with E-state index in [-0.39, 0.29) is 12.4 Å². The number of hydrazone groups is 1. The molecule has 8 heteroatoms. The van der Waals surface area contributed by atoms with Crippen molar-refractivity contribution in [3.05, 3.63) is 93.4 Å². The van der Waals surface area contributed by atoms with Gasteiger partial charge in [0.05, 0.1) is 11.8 Å². The summed E-state index contributed by atoms with van der Waals surface area (Å²) in [5.74, 6) is -0.0922. The second-order valence-electron chi connectivity index (χ2n) is 5.97. The van der Waals surface area contributed by atoms with E-state index in [9.17, 15) is 9.59 Å². The number of halogens is 2. The van der Waals surface area contributed by atoms with Gasteiger partial charge in [0.25, 0.3) is 5.91 Å². The van der Waals surface area contributed by atoms with E-state index >= 15 is 0 Å². The molecule has 152 valence electrons. The lowest BCUT2D eigenvalue weighted by molar-refractivity contribution is -0.123. The Balaban J connectivity index is 1.62. The van der Waals surface area contributed by atoms with E-state index < -0.39 is 11.9 Å². The number of hydrogen-bond donors (Lipinski definition) is 1. The number of hydrogen-bond acceptors (Lipinski definition) is 5. The minimum absolute atomic E-state index is 0.182. The summed E-state index contributed by atoms with van der Waals surface area (Å²) in [6.45, 7) is -0.182. The highest BCUT2D eigenvalue weighted by atomic mass is 79.9. The maximum atomic E-state index is 12.4. The molecule has 0 heterocycles. The van der Waals surface area contributed by atoms with Crippen molar-refractivity contribution < 1.29 is 19.1 Å². The van der Waals surface area contributed by atoms with E-state index in [1.165, 1.54) is 6.21 Å². The van der Waals surface area contributed by atoms with Crippen molar-refractivity contribution in [3.8, 4) is 11.5 Å². The van der Waals surface area contributed by atoms with Gasteiger partial charge in [-0.3, -0.25) is 4.79 Å². The molecule has 30 heavy (non-hydrogen) atoms. The Morgan fingerprint density at radius 1 is 1.03 bits per heavy atom. The third kappa shape index (κ3) is 6.43. The molecule has 6 nitrogen and oxygen atoms in total. The second kappa shape index (κ2) is 10.6. The average Bonchev–Trinajstić information content (AvgIpc) is 2.75. The average molecular weight is 488 g/mol. The lowest BCUT2D eigenvalue weighted by Gasteiger charge is -2.08. The fraction of sp³-hybridized carbons (Fsp3) is 0.0455. The van der Waals surface area contributed by atoms with Crippen molar-refractivity contribution in [2.24, 2.45) is 5.10 Å². The molecular formula is C22H16BrClN2O4. The Hall–Kier alpha value is -3.16. The Morgan fingerprint density at radius 3 is 2.50 bits per heavy atom. The number of para-hydroxylation sites is 1. The van der Waals surface area contributed by atoms with Crippen LogP contribution in [0.15, 0.2) is 82.4 Å². The first-order valence-corrected chi connectivity index (χ1v) is 9.95. The highest BCUT2D eigenvalue weighted by Gasteiger charge is 2.12. The van der Waals surface area contributed by atoms with Gasteiger partial charge in [-0.2, -0.15) is 5.10 Å². The van der Waals surface area contributed by atoms with Gasteiger partial charge >= 0.3 is 5.97 Å². The van der Waals surface area contributed by atoms with Crippen LogP contribution in [0.4, 0.5) is 0 Å². The molecule has 0 aliphatic rings. The van der Waals surface area contributed by atoms with Gasteiger partial charge in [-0.05, 0) is 54.6 Å². The Labute approximate surface area is 186 Å². The third-order valence-electron chi connectivity index (χ3n) is 3.76. The molecule has 0 unspecified atom stereocenters. The normalized spacial score (nSPS) is 10.6. The van der Waals surface area contributed by atoms with E-state index in [1.54, 1.807) is 54.6 Å². The number of carbonyl (C=O) groups excluding carboxylic acids is 2. The maximum absolute atomic E-state index is 12.4. The van der Waals surface area contributed by atoms with Crippen molar-refractivity contribution in [1.29, 1.82) is 0 Å². The number of amides is 1. The number of carbonyl (C=O) groups is 2. The number of benzene rings is 3. The monoisotopic (exact) mass is 486 g/mol. The molecule has 0 saturated heterocycles. The van der Waals surface area contributed by atoms with E-state index in [2.05, 4.69) is 26.5 Å². The second-order valence-corrected chi connectivity index (χ2v) is 7.33. The minimum atomic E-state index is -0.538. The quantitative estimate of drug-likeness (QED) is 0.224. The largest absolute Gasteiger partial charge is 0.484 e. The van der Waals surface area contributed by atoms with Crippen LogP contribution in [0.2, 0.25) is 5.02 Å². The van der Waals surface area contributed by atoms with Crippen LogP contribution in [0.1, 0.15) is 15.9 Å². The van der Waals surface area contributed by atoms with Gasteiger partial charge in [0.15, 0.2) is 6.61 Å². The van der Waals surface area contributed by atoms with E-state index in [0.29, 0.717) is 21.9 Å². The molecule has 1 N–H and O–H groups in total. The maximum Gasteiger partial charge on any atom is 0.343 e. The third-order valence-corrected chi connectivity index (χ3v) is 4.51. The highest BCUT2D eigenvalue weighted by molar-refractivity contribution is 9.10. The first-order chi connectivity index (χ1) is 14.5. The summed E-state index contributed by atoms with van der Waals surface area (Å²) in [5.41, 5.74) is 3.23. The van der Waals surface area contributed by atoms with Gasteiger partial charge in [0.2, 0.25) is 0 Å². The molecule has 0 fully saturated rings. The molecule has 0 spiro atoms. The summed E-state index contributed by atoms with van der Waals surface area (Å²) in [4.78, 5) is 24.3. The van der Waals surface area contributed by atoms with Crippen molar-refractivity contribution in [2.45, 2.75) is 0 Å². The van der Waals surface area contributed by atoms with Gasteiger partial charge in [-0.1, -0.05) is 45.7 Å². The number of rotatable bonds is 7. The number of nitrogens with one attached hydrogen (secondary N) is 1. The molecule has 0 aromatic heterocycles. The first kappa shape index (κ1) is 21.5. The number of nitrogens with zero attached hydrogens (tertiary/aromatic N) is 1. The van der Waals surface area contributed by atoms with Crippen molar-refractivity contribution in [3.63, 3.8) is 0 Å². The van der Waals surface area contributed by atoms with Crippen LogP contribution in [-0.4, -0.2) is 24.7 Å². The molecule has 0 aliphatic heterocycles. The summed E-state index contributed by atoms with van der Waals surface area (Å²) in [5, 5.41) is 4.44. The summed E-state index contributed by atoms with van der Waals surface area (Å²) in [6.07, 6.45) is 1.38. The van der Waals surface area contributed by atoms with Gasteiger partial charge in [-0.25, -0.2) is 10.2 Å². The number of esters is 1. The fourth-order valence-electron chi connectivity index (χ4n) is 2.33. The van der Waals surface area contributed by atoms with Crippen molar-refractivity contribution in [1.82, 2.24) is 5.43 Å². The SMILES string of the molecule is O=C(COc1ccccc1)NN=Cc1cc(Br)ccc1OC(=O)c1ccc(Cl)cc1. The van der Waals surface area contributed by atoms with Gasteiger partial charge < -0.3 is 9.47 Å². The van der Waals surface area contributed by atoms with Gasteiger partial charge in [0, 0.05) is 15.1 Å². The first-order valence-electron chi connectivity index (χ1n) is 8.78. The van der Waals surface area contributed by atoms with E-state index in [1.807, 2.05) is 18.2 Å². The molecule has 0 bridgehead atoms. The molecule has 0 radical (unpaired) electrons. The summed E-state index contributed by atoms with van der Waals surface area (Å²) < 4.78 is 11.6. The predicted molar refractivity (Wildman–Crippen MR) is 118 cm³/mol. The summed E-state index contributed by atoms with van der Waals surface area (Å²) >= 11 is 9.20. The fourth-order valence-corrected chi connectivity index (χ4v) is 2.83. The van der Waals surface area contributed by atoms with Crippen LogP contribution in [0.25, 0.3) is 0 Å². The molecular weight excluding hydrogens is 472 g/mol. The van der Waals surface area contributed by atoms with E-state index in [4.69, 9.17) is 21.1 Å². The van der Waals surface area contributed by atoms with Crippen LogP contribution in [0.3, 0.4) is 0 Å². The van der Waals surface area contributed by atoms with Crippen LogP contribution in [0, 0.1) is 0 Å². The Bertz CT molecular complexity index is 1060. The van der Waals surface area contributed by atoms with Crippen LogP contribution < -0.4 is 14.9 Å².